The zero-order valence-corrected chi connectivity index (χ0v) is 16.8. The lowest BCUT2D eigenvalue weighted by Crippen LogP contribution is -2.47. The first-order valence-corrected chi connectivity index (χ1v) is 9.73. The Morgan fingerprint density at radius 3 is 2.16 bits per heavy atom. The molecule has 4 rings (SSSR count). The number of anilines is 4. The van der Waals surface area contributed by atoms with E-state index in [0.29, 0.717) is 11.5 Å². The standard InChI is InChI=1S/C21H21F3N6O/c1-15-2-7-19(25-13-15)29-8-10-30(11-9-29)20-12-18(26-14-27-20)28-16-3-5-17(6-4-16)31-21(22,23)24/h2-7,12-14H,8-11H2,1H3,(H,26,27,28). The quantitative estimate of drug-likeness (QED) is 0.652. The fourth-order valence-electron chi connectivity index (χ4n) is 3.29. The highest BCUT2D eigenvalue weighted by molar-refractivity contribution is 5.60. The molecule has 1 saturated heterocycles. The maximum atomic E-state index is 12.3. The van der Waals surface area contributed by atoms with Crippen LogP contribution in [0, 0.1) is 6.92 Å². The average Bonchev–Trinajstić information content (AvgIpc) is 2.75. The summed E-state index contributed by atoms with van der Waals surface area (Å²) in [6, 6.07) is 11.4. The maximum Gasteiger partial charge on any atom is 0.573 e. The second kappa shape index (κ2) is 8.66. The van der Waals surface area contributed by atoms with Crippen LogP contribution >= 0.6 is 0 Å². The van der Waals surface area contributed by atoms with Crippen molar-refractivity contribution in [2.24, 2.45) is 0 Å². The van der Waals surface area contributed by atoms with Crippen molar-refractivity contribution in [2.75, 3.05) is 41.3 Å². The number of rotatable bonds is 5. The first kappa shape index (κ1) is 20.7. The number of ether oxygens (including phenoxy) is 1. The van der Waals surface area contributed by atoms with Crippen molar-refractivity contribution in [3.05, 3.63) is 60.6 Å². The fourth-order valence-corrected chi connectivity index (χ4v) is 3.29. The Hall–Kier alpha value is -3.56. The van der Waals surface area contributed by atoms with Crippen molar-refractivity contribution in [3.8, 4) is 5.75 Å². The van der Waals surface area contributed by atoms with Crippen LogP contribution in [0.4, 0.5) is 36.3 Å². The van der Waals surface area contributed by atoms with E-state index in [1.54, 1.807) is 0 Å². The van der Waals surface area contributed by atoms with E-state index in [9.17, 15) is 13.2 Å². The van der Waals surface area contributed by atoms with E-state index in [1.807, 2.05) is 25.3 Å². The largest absolute Gasteiger partial charge is 0.573 e. The second-order valence-corrected chi connectivity index (χ2v) is 7.13. The summed E-state index contributed by atoms with van der Waals surface area (Å²) in [4.78, 5) is 17.5. The lowest BCUT2D eigenvalue weighted by molar-refractivity contribution is -0.274. The van der Waals surface area contributed by atoms with Crippen LogP contribution in [0.2, 0.25) is 0 Å². The number of benzene rings is 1. The summed E-state index contributed by atoms with van der Waals surface area (Å²) < 4.78 is 40.7. The van der Waals surface area contributed by atoms with Gasteiger partial charge in [0.15, 0.2) is 0 Å². The molecule has 0 unspecified atom stereocenters. The molecule has 31 heavy (non-hydrogen) atoms. The molecule has 0 saturated carbocycles. The van der Waals surface area contributed by atoms with E-state index in [-0.39, 0.29) is 5.75 Å². The molecule has 0 amide bonds. The van der Waals surface area contributed by atoms with Gasteiger partial charge in [-0.2, -0.15) is 0 Å². The normalized spacial score (nSPS) is 14.5. The number of hydrogen-bond donors (Lipinski definition) is 1. The van der Waals surface area contributed by atoms with Crippen LogP contribution in [-0.2, 0) is 0 Å². The molecule has 7 nitrogen and oxygen atoms in total. The molecule has 1 fully saturated rings. The topological polar surface area (TPSA) is 66.4 Å². The number of nitrogens with zero attached hydrogens (tertiary/aromatic N) is 5. The van der Waals surface area contributed by atoms with Crippen LogP contribution in [0.25, 0.3) is 0 Å². The summed E-state index contributed by atoms with van der Waals surface area (Å²) in [5, 5.41) is 3.08. The highest BCUT2D eigenvalue weighted by Gasteiger charge is 2.31. The Labute approximate surface area is 177 Å². The average molecular weight is 430 g/mol. The molecule has 3 aromatic rings. The third-order valence-corrected chi connectivity index (χ3v) is 4.84. The summed E-state index contributed by atoms with van der Waals surface area (Å²) in [5.74, 6) is 2.03. The van der Waals surface area contributed by atoms with Crippen LogP contribution in [0.15, 0.2) is 55.0 Å². The zero-order valence-electron chi connectivity index (χ0n) is 16.8. The Balaban J connectivity index is 1.37. The molecule has 3 heterocycles. The Bertz CT molecular complexity index is 1000. The van der Waals surface area contributed by atoms with Crippen LogP contribution in [0.1, 0.15) is 5.56 Å². The SMILES string of the molecule is Cc1ccc(N2CCN(c3cc(Nc4ccc(OC(F)(F)F)cc4)ncn3)CC2)nc1. The van der Waals surface area contributed by atoms with E-state index in [2.05, 4.69) is 40.9 Å². The van der Waals surface area contributed by atoms with E-state index < -0.39 is 6.36 Å². The molecule has 0 radical (unpaired) electrons. The van der Waals surface area contributed by atoms with Crippen molar-refractivity contribution in [2.45, 2.75) is 13.3 Å². The van der Waals surface area contributed by atoms with Gasteiger partial charge in [-0.1, -0.05) is 6.07 Å². The molecule has 1 N–H and O–H groups in total. The van der Waals surface area contributed by atoms with Gasteiger partial charge in [-0.25, -0.2) is 15.0 Å². The van der Waals surface area contributed by atoms with E-state index >= 15 is 0 Å². The lowest BCUT2D eigenvalue weighted by atomic mass is 10.2. The minimum absolute atomic E-state index is 0.276. The maximum absolute atomic E-state index is 12.3. The monoisotopic (exact) mass is 430 g/mol. The van der Waals surface area contributed by atoms with Crippen molar-refractivity contribution in [1.82, 2.24) is 15.0 Å². The van der Waals surface area contributed by atoms with Gasteiger partial charge < -0.3 is 19.9 Å². The zero-order chi connectivity index (χ0) is 21.8. The summed E-state index contributed by atoms with van der Waals surface area (Å²) >= 11 is 0. The Kier molecular flexibility index (Phi) is 5.79. The first-order valence-electron chi connectivity index (χ1n) is 9.73. The number of pyridine rings is 1. The van der Waals surface area contributed by atoms with Crippen molar-refractivity contribution in [3.63, 3.8) is 0 Å². The Morgan fingerprint density at radius 1 is 0.871 bits per heavy atom. The van der Waals surface area contributed by atoms with Gasteiger partial charge in [0, 0.05) is 44.1 Å². The van der Waals surface area contributed by atoms with Crippen molar-refractivity contribution in [1.29, 1.82) is 0 Å². The van der Waals surface area contributed by atoms with Gasteiger partial charge in [-0.3, -0.25) is 0 Å². The third kappa shape index (κ3) is 5.53. The predicted molar refractivity (Wildman–Crippen MR) is 112 cm³/mol. The summed E-state index contributed by atoms with van der Waals surface area (Å²) in [7, 11) is 0. The van der Waals surface area contributed by atoms with Gasteiger partial charge in [-0.05, 0) is 42.8 Å². The highest BCUT2D eigenvalue weighted by atomic mass is 19.4. The molecule has 1 aliphatic rings. The minimum atomic E-state index is -4.71. The lowest BCUT2D eigenvalue weighted by Gasteiger charge is -2.36. The molecule has 0 aliphatic carbocycles. The molecule has 1 aromatic carbocycles. The van der Waals surface area contributed by atoms with Crippen molar-refractivity contribution >= 4 is 23.1 Å². The Morgan fingerprint density at radius 2 is 1.55 bits per heavy atom. The molecule has 0 atom stereocenters. The van der Waals surface area contributed by atoms with Crippen LogP contribution in [0.5, 0.6) is 5.75 Å². The number of aryl methyl sites for hydroxylation is 1. The number of nitrogens with one attached hydrogen (secondary N) is 1. The second-order valence-electron chi connectivity index (χ2n) is 7.13. The molecule has 0 spiro atoms. The van der Waals surface area contributed by atoms with E-state index in [1.165, 1.54) is 30.6 Å². The molecule has 1 aliphatic heterocycles. The van der Waals surface area contributed by atoms with Gasteiger partial charge in [-0.15, -0.1) is 13.2 Å². The molecule has 162 valence electrons. The number of hydrogen-bond acceptors (Lipinski definition) is 7. The number of alkyl halides is 3. The summed E-state index contributed by atoms with van der Waals surface area (Å²) in [5.41, 5.74) is 1.72. The van der Waals surface area contributed by atoms with E-state index in [4.69, 9.17) is 0 Å². The number of halogens is 3. The highest BCUT2D eigenvalue weighted by Crippen LogP contribution is 2.26. The van der Waals surface area contributed by atoms with Gasteiger partial charge >= 0.3 is 6.36 Å². The third-order valence-electron chi connectivity index (χ3n) is 4.84. The summed E-state index contributed by atoms with van der Waals surface area (Å²) in [6.07, 6.45) is -1.38. The first-order chi connectivity index (χ1) is 14.9. The summed E-state index contributed by atoms with van der Waals surface area (Å²) in [6.45, 7) is 5.23. The molecule has 10 heteroatoms. The van der Waals surface area contributed by atoms with E-state index in [0.717, 1.165) is 43.4 Å². The molecule has 0 bridgehead atoms. The van der Waals surface area contributed by atoms with Gasteiger partial charge in [0.1, 0.15) is 29.5 Å². The molecular weight excluding hydrogens is 409 g/mol. The number of piperazine rings is 1. The molecular formula is C21H21F3N6O. The van der Waals surface area contributed by atoms with Crippen LogP contribution in [0.3, 0.4) is 0 Å². The van der Waals surface area contributed by atoms with Crippen LogP contribution < -0.4 is 19.9 Å². The van der Waals surface area contributed by atoms with Gasteiger partial charge in [0.05, 0.1) is 0 Å². The predicted octanol–water partition coefficient (Wildman–Crippen LogP) is 4.15. The minimum Gasteiger partial charge on any atom is -0.406 e. The van der Waals surface area contributed by atoms with Gasteiger partial charge in [0.2, 0.25) is 0 Å². The smallest absolute Gasteiger partial charge is 0.406 e. The number of aromatic nitrogens is 3. The van der Waals surface area contributed by atoms with Gasteiger partial charge in [0.25, 0.3) is 0 Å². The van der Waals surface area contributed by atoms with Crippen LogP contribution in [-0.4, -0.2) is 47.5 Å². The molecule has 2 aromatic heterocycles. The fraction of sp³-hybridized carbons (Fsp3) is 0.286. The van der Waals surface area contributed by atoms with Crippen molar-refractivity contribution < 1.29 is 17.9 Å².